The first-order chi connectivity index (χ1) is 12.8. The Morgan fingerprint density at radius 3 is 1.88 bits per heavy atom. The Morgan fingerprint density at radius 1 is 0.654 bits per heavy atom. The van der Waals surface area contributed by atoms with Crippen LogP contribution in [0.1, 0.15) is 11.7 Å². The van der Waals surface area contributed by atoms with Crippen molar-refractivity contribution in [2.45, 2.75) is 18.9 Å². The van der Waals surface area contributed by atoms with E-state index in [0.29, 0.717) is 0 Å². The zero-order valence-electron chi connectivity index (χ0n) is 14.7. The van der Waals surface area contributed by atoms with E-state index in [1.165, 1.54) is 37.9 Å². The number of ether oxygens (including phenoxy) is 2. The molecule has 2 atom stereocenters. The smallest absolute Gasteiger partial charge is 0.167 e. The van der Waals surface area contributed by atoms with Gasteiger partial charge >= 0.3 is 0 Å². The van der Waals surface area contributed by atoms with Crippen LogP contribution in [0.25, 0.3) is 32.3 Å². The molecule has 1 aliphatic rings. The van der Waals surface area contributed by atoms with Crippen molar-refractivity contribution in [3.63, 3.8) is 0 Å². The average molecular weight is 347 g/mol. The molecular formula is C21H21N3O2. The molecule has 1 saturated heterocycles. The molecule has 4 aromatic carbocycles. The maximum Gasteiger partial charge on any atom is 0.167 e. The molecule has 132 valence electrons. The minimum absolute atomic E-state index is 0.0873. The standard InChI is InChI=1S/C21H21N3O2/c1-25-20-22-19(23-21(24-20)26-2)16-11-9-14-7-6-12-4-3-5-13-8-10-15(16)18(14)17(12)13/h3-11,19-24H,1-2H3. The fraction of sp³-hybridized carbons (Fsp3) is 0.238. The Bertz CT molecular complexity index is 1050. The monoisotopic (exact) mass is 347 g/mol. The molecule has 3 N–H and O–H groups in total. The zero-order chi connectivity index (χ0) is 17.7. The molecule has 2 unspecified atom stereocenters. The molecule has 0 aromatic heterocycles. The fourth-order valence-electron chi connectivity index (χ4n) is 4.05. The predicted octanol–water partition coefficient (Wildman–Crippen LogP) is 3.23. The molecule has 0 aliphatic carbocycles. The summed E-state index contributed by atoms with van der Waals surface area (Å²) in [5.41, 5.74) is 1.18. The molecule has 1 heterocycles. The minimum Gasteiger partial charge on any atom is -0.353 e. The van der Waals surface area contributed by atoms with E-state index in [4.69, 9.17) is 9.47 Å². The molecule has 4 aromatic rings. The van der Waals surface area contributed by atoms with E-state index in [1.807, 2.05) is 0 Å². The van der Waals surface area contributed by atoms with Crippen LogP contribution < -0.4 is 16.0 Å². The highest BCUT2D eigenvalue weighted by Crippen LogP contribution is 2.37. The molecule has 5 rings (SSSR count). The van der Waals surface area contributed by atoms with Gasteiger partial charge in [0.15, 0.2) is 12.7 Å². The lowest BCUT2D eigenvalue weighted by Crippen LogP contribution is -2.64. The van der Waals surface area contributed by atoms with E-state index in [9.17, 15) is 0 Å². The van der Waals surface area contributed by atoms with Gasteiger partial charge in [0.2, 0.25) is 0 Å². The van der Waals surface area contributed by atoms with Gasteiger partial charge in [-0.15, -0.1) is 0 Å². The van der Waals surface area contributed by atoms with Crippen molar-refractivity contribution in [3.05, 3.63) is 60.2 Å². The summed E-state index contributed by atoms with van der Waals surface area (Å²) in [5, 5.41) is 17.7. The number of methoxy groups -OCH3 is 2. The molecule has 5 heteroatoms. The van der Waals surface area contributed by atoms with Gasteiger partial charge < -0.3 is 9.47 Å². The quantitative estimate of drug-likeness (QED) is 0.497. The topological polar surface area (TPSA) is 54.5 Å². The number of nitrogens with one attached hydrogen (secondary N) is 3. The van der Waals surface area contributed by atoms with Crippen LogP contribution in [0.3, 0.4) is 0 Å². The summed E-state index contributed by atoms with van der Waals surface area (Å²) in [6.45, 7) is 0. The van der Waals surface area contributed by atoms with Crippen LogP contribution in [0.5, 0.6) is 0 Å². The second-order valence-corrected chi connectivity index (χ2v) is 6.68. The Hall–Kier alpha value is -2.28. The van der Waals surface area contributed by atoms with Crippen LogP contribution in [0.4, 0.5) is 0 Å². The van der Waals surface area contributed by atoms with Gasteiger partial charge in [0.05, 0.1) is 6.17 Å². The molecule has 5 nitrogen and oxygen atoms in total. The molecule has 0 spiro atoms. The molecule has 0 saturated carbocycles. The first-order valence-electron chi connectivity index (χ1n) is 8.78. The molecule has 26 heavy (non-hydrogen) atoms. The molecular weight excluding hydrogens is 326 g/mol. The van der Waals surface area contributed by atoms with Crippen LogP contribution in [-0.2, 0) is 9.47 Å². The Balaban J connectivity index is 1.73. The maximum absolute atomic E-state index is 5.46. The van der Waals surface area contributed by atoms with Crippen LogP contribution in [0, 0.1) is 0 Å². The average Bonchev–Trinajstić information content (AvgIpc) is 2.71. The van der Waals surface area contributed by atoms with Crippen molar-refractivity contribution in [1.82, 2.24) is 16.0 Å². The van der Waals surface area contributed by atoms with Gasteiger partial charge in [0.1, 0.15) is 0 Å². The van der Waals surface area contributed by atoms with E-state index in [-0.39, 0.29) is 18.9 Å². The van der Waals surface area contributed by atoms with E-state index in [2.05, 4.69) is 70.5 Å². The lowest BCUT2D eigenvalue weighted by molar-refractivity contribution is -0.0843. The van der Waals surface area contributed by atoms with Crippen molar-refractivity contribution in [2.75, 3.05) is 14.2 Å². The van der Waals surface area contributed by atoms with E-state index >= 15 is 0 Å². The molecule has 0 radical (unpaired) electrons. The zero-order valence-corrected chi connectivity index (χ0v) is 14.7. The van der Waals surface area contributed by atoms with Crippen LogP contribution in [0.2, 0.25) is 0 Å². The third kappa shape index (κ3) is 2.37. The third-order valence-corrected chi connectivity index (χ3v) is 5.28. The first kappa shape index (κ1) is 15.9. The SMILES string of the molecule is COC1NC(OC)NC(c2ccc3ccc4cccc5ccc2c3c45)N1. The van der Waals surface area contributed by atoms with Gasteiger partial charge in [-0.1, -0.05) is 54.6 Å². The third-order valence-electron chi connectivity index (χ3n) is 5.28. The van der Waals surface area contributed by atoms with Gasteiger partial charge in [-0.05, 0) is 37.9 Å². The lowest BCUT2D eigenvalue weighted by atomic mass is 9.91. The molecule has 0 bridgehead atoms. The van der Waals surface area contributed by atoms with Crippen molar-refractivity contribution in [1.29, 1.82) is 0 Å². The molecule has 1 fully saturated rings. The van der Waals surface area contributed by atoms with Gasteiger partial charge in [-0.25, -0.2) is 5.32 Å². The summed E-state index contributed by atoms with van der Waals surface area (Å²) in [7, 11) is 3.34. The summed E-state index contributed by atoms with van der Waals surface area (Å²) < 4.78 is 10.9. The maximum atomic E-state index is 5.46. The van der Waals surface area contributed by atoms with Crippen LogP contribution in [-0.4, -0.2) is 26.9 Å². The van der Waals surface area contributed by atoms with Crippen molar-refractivity contribution < 1.29 is 9.47 Å². The van der Waals surface area contributed by atoms with E-state index < -0.39 is 0 Å². The summed E-state index contributed by atoms with van der Waals surface area (Å²) in [5.74, 6) is 0. The summed E-state index contributed by atoms with van der Waals surface area (Å²) in [6.07, 6.45) is -0.662. The van der Waals surface area contributed by atoms with E-state index in [1.54, 1.807) is 14.2 Å². The number of hydrogen-bond donors (Lipinski definition) is 3. The normalized spacial score (nSPS) is 24.0. The summed E-state index contributed by atoms with van der Waals surface area (Å²) in [6, 6.07) is 19.7. The Labute approximate surface area is 151 Å². The molecule has 0 amide bonds. The molecule has 1 aliphatic heterocycles. The van der Waals surface area contributed by atoms with Crippen molar-refractivity contribution in [3.8, 4) is 0 Å². The van der Waals surface area contributed by atoms with Gasteiger partial charge in [-0.2, -0.15) is 0 Å². The van der Waals surface area contributed by atoms with Crippen molar-refractivity contribution in [2.24, 2.45) is 0 Å². The van der Waals surface area contributed by atoms with Gasteiger partial charge in [0, 0.05) is 14.2 Å². The second kappa shape index (κ2) is 6.16. The highest BCUT2D eigenvalue weighted by Gasteiger charge is 2.28. The summed E-state index contributed by atoms with van der Waals surface area (Å²) >= 11 is 0. The van der Waals surface area contributed by atoms with E-state index in [0.717, 1.165) is 0 Å². The first-order valence-corrected chi connectivity index (χ1v) is 8.78. The van der Waals surface area contributed by atoms with Gasteiger partial charge in [0.25, 0.3) is 0 Å². The summed E-state index contributed by atoms with van der Waals surface area (Å²) in [4.78, 5) is 0. The number of rotatable bonds is 3. The highest BCUT2D eigenvalue weighted by atomic mass is 16.5. The largest absolute Gasteiger partial charge is 0.353 e. The number of hydrogen-bond acceptors (Lipinski definition) is 5. The Morgan fingerprint density at radius 2 is 1.23 bits per heavy atom. The lowest BCUT2D eigenvalue weighted by Gasteiger charge is -2.37. The fourth-order valence-corrected chi connectivity index (χ4v) is 4.05. The highest BCUT2D eigenvalue weighted by molar-refractivity contribution is 6.23. The Kier molecular flexibility index (Phi) is 3.77. The predicted molar refractivity (Wildman–Crippen MR) is 104 cm³/mol. The minimum atomic E-state index is -0.287. The van der Waals surface area contributed by atoms with Gasteiger partial charge in [-0.3, -0.25) is 10.6 Å². The second-order valence-electron chi connectivity index (χ2n) is 6.68. The van der Waals surface area contributed by atoms with Crippen molar-refractivity contribution >= 4 is 32.3 Å². The number of benzene rings is 4. The van der Waals surface area contributed by atoms with Crippen LogP contribution >= 0.6 is 0 Å². The van der Waals surface area contributed by atoms with Crippen LogP contribution in [0.15, 0.2) is 54.6 Å².